The van der Waals surface area contributed by atoms with E-state index in [1.165, 1.54) is 0 Å². The van der Waals surface area contributed by atoms with E-state index in [1.807, 2.05) is 50.5 Å². The SMILES string of the molecule is Cc1nc(Nc2cccc(N3CCN(C)C3=O)c2)c2[nH]ccc2n1. The minimum absolute atomic E-state index is 0.0248. The lowest BCUT2D eigenvalue weighted by molar-refractivity contribution is 0.229. The third-order valence-corrected chi connectivity index (χ3v) is 4.15. The second-order valence-electron chi connectivity index (χ2n) is 5.89. The number of nitrogens with zero attached hydrogens (tertiary/aromatic N) is 4. The Morgan fingerprint density at radius 1 is 1.21 bits per heavy atom. The summed E-state index contributed by atoms with van der Waals surface area (Å²) in [6.07, 6.45) is 1.85. The molecule has 1 saturated heterocycles. The molecule has 122 valence electrons. The van der Waals surface area contributed by atoms with Gasteiger partial charge >= 0.3 is 6.03 Å². The second-order valence-corrected chi connectivity index (χ2v) is 5.89. The first-order valence-corrected chi connectivity index (χ1v) is 7.83. The van der Waals surface area contributed by atoms with Crippen LogP contribution in [0.15, 0.2) is 36.5 Å². The zero-order valence-corrected chi connectivity index (χ0v) is 13.6. The Hall–Kier alpha value is -3.09. The maximum atomic E-state index is 12.2. The van der Waals surface area contributed by atoms with E-state index in [9.17, 15) is 4.79 Å². The first-order chi connectivity index (χ1) is 11.6. The van der Waals surface area contributed by atoms with E-state index < -0.39 is 0 Å². The van der Waals surface area contributed by atoms with Crippen LogP contribution in [-0.4, -0.2) is 46.0 Å². The van der Waals surface area contributed by atoms with Crippen LogP contribution in [0.4, 0.5) is 22.0 Å². The summed E-state index contributed by atoms with van der Waals surface area (Å²) >= 11 is 0. The summed E-state index contributed by atoms with van der Waals surface area (Å²) in [4.78, 5) is 27.7. The molecule has 0 saturated carbocycles. The highest BCUT2D eigenvalue weighted by atomic mass is 16.2. The third kappa shape index (κ3) is 2.44. The molecule has 3 heterocycles. The van der Waals surface area contributed by atoms with Gasteiger partial charge in [0.05, 0.1) is 5.52 Å². The number of amides is 2. The van der Waals surface area contributed by atoms with E-state index >= 15 is 0 Å². The second kappa shape index (κ2) is 5.52. The van der Waals surface area contributed by atoms with Gasteiger partial charge in [-0.1, -0.05) is 6.07 Å². The Bertz CT molecular complexity index is 918. The van der Waals surface area contributed by atoms with Crippen LogP contribution in [0, 0.1) is 6.92 Å². The van der Waals surface area contributed by atoms with Crippen LogP contribution in [-0.2, 0) is 0 Å². The molecular weight excluding hydrogens is 304 g/mol. The summed E-state index contributed by atoms with van der Waals surface area (Å²) in [6, 6.07) is 9.74. The summed E-state index contributed by atoms with van der Waals surface area (Å²) < 4.78 is 0. The maximum Gasteiger partial charge on any atom is 0.324 e. The highest BCUT2D eigenvalue weighted by molar-refractivity contribution is 5.95. The molecule has 0 atom stereocenters. The van der Waals surface area contributed by atoms with Gasteiger partial charge in [-0.3, -0.25) is 4.90 Å². The molecule has 0 aliphatic carbocycles. The minimum Gasteiger partial charge on any atom is -0.357 e. The normalized spacial score (nSPS) is 14.7. The quantitative estimate of drug-likeness (QED) is 0.777. The number of carbonyl (C=O) groups is 1. The molecule has 1 aromatic carbocycles. The Kier molecular flexibility index (Phi) is 3.34. The number of carbonyl (C=O) groups excluding carboxylic acids is 1. The van der Waals surface area contributed by atoms with Gasteiger partial charge in [0, 0.05) is 37.7 Å². The van der Waals surface area contributed by atoms with Gasteiger partial charge < -0.3 is 15.2 Å². The molecule has 2 aromatic heterocycles. The van der Waals surface area contributed by atoms with Crippen LogP contribution in [0.3, 0.4) is 0 Å². The molecule has 2 amide bonds. The molecule has 1 aliphatic heterocycles. The van der Waals surface area contributed by atoms with E-state index in [0.717, 1.165) is 34.8 Å². The van der Waals surface area contributed by atoms with Crippen molar-refractivity contribution < 1.29 is 4.79 Å². The summed E-state index contributed by atoms with van der Waals surface area (Å²) in [6.45, 7) is 3.31. The van der Waals surface area contributed by atoms with Crippen LogP contribution in [0.1, 0.15) is 5.82 Å². The van der Waals surface area contributed by atoms with Gasteiger partial charge in [0.15, 0.2) is 5.82 Å². The lowest BCUT2D eigenvalue weighted by Gasteiger charge is -2.17. The predicted octanol–water partition coefficient (Wildman–Crippen LogP) is 2.88. The smallest absolute Gasteiger partial charge is 0.324 e. The standard InChI is InChI=1S/C17H18N6O/c1-11-19-14-6-7-18-15(14)16(20-11)21-12-4-3-5-13(10-12)23-9-8-22(2)17(23)24/h3-7,10,18H,8-9H2,1-2H3,(H,19,20,21). The van der Waals surface area contributed by atoms with Crippen LogP contribution in [0.2, 0.25) is 0 Å². The lowest BCUT2D eigenvalue weighted by Crippen LogP contribution is -2.29. The van der Waals surface area contributed by atoms with E-state index in [-0.39, 0.29) is 6.03 Å². The van der Waals surface area contributed by atoms with Crippen molar-refractivity contribution in [2.75, 3.05) is 30.4 Å². The number of H-pyrrole nitrogens is 1. The molecule has 0 radical (unpaired) electrons. The predicted molar refractivity (Wildman–Crippen MR) is 93.7 cm³/mol. The molecule has 3 aromatic rings. The summed E-state index contributed by atoms with van der Waals surface area (Å²) in [5, 5.41) is 3.33. The Morgan fingerprint density at radius 2 is 2.08 bits per heavy atom. The van der Waals surface area contributed by atoms with Crippen LogP contribution < -0.4 is 10.2 Å². The fourth-order valence-corrected chi connectivity index (χ4v) is 2.93. The van der Waals surface area contributed by atoms with Gasteiger partial charge in [0.1, 0.15) is 11.3 Å². The molecule has 4 rings (SSSR count). The van der Waals surface area contributed by atoms with Gasteiger partial charge in [-0.25, -0.2) is 14.8 Å². The molecule has 0 spiro atoms. The number of fused-ring (bicyclic) bond motifs is 1. The Balaban J connectivity index is 1.66. The third-order valence-electron chi connectivity index (χ3n) is 4.15. The number of benzene rings is 1. The zero-order chi connectivity index (χ0) is 16.7. The molecular formula is C17H18N6O. The fourth-order valence-electron chi connectivity index (χ4n) is 2.93. The maximum absolute atomic E-state index is 12.2. The largest absolute Gasteiger partial charge is 0.357 e. The van der Waals surface area contributed by atoms with Crippen molar-refractivity contribution in [2.45, 2.75) is 6.92 Å². The van der Waals surface area contributed by atoms with Crippen molar-refractivity contribution in [3.05, 3.63) is 42.4 Å². The minimum atomic E-state index is 0.0248. The van der Waals surface area contributed by atoms with Crippen molar-refractivity contribution in [3.8, 4) is 0 Å². The number of hydrogen-bond donors (Lipinski definition) is 2. The van der Waals surface area contributed by atoms with Crippen LogP contribution in [0.5, 0.6) is 0 Å². The van der Waals surface area contributed by atoms with E-state index in [4.69, 9.17) is 0 Å². The molecule has 2 N–H and O–H groups in total. The van der Waals surface area contributed by atoms with Crippen LogP contribution >= 0.6 is 0 Å². The first kappa shape index (κ1) is 14.5. The molecule has 7 nitrogen and oxygen atoms in total. The van der Waals surface area contributed by atoms with Crippen molar-refractivity contribution in [2.24, 2.45) is 0 Å². The number of rotatable bonds is 3. The monoisotopic (exact) mass is 322 g/mol. The number of aromatic amines is 1. The number of hydrogen-bond acceptors (Lipinski definition) is 4. The van der Waals surface area contributed by atoms with Crippen molar-refractivity contribution in [1.82, 2.24) is 19.9 Å². The molecule has 24 heavy (non-hydrogen) atoms. The average Bonchev–Trinajstić information content (AvgIpc) is 3.15. The van der Waals surface area contributed by atoms with Crippen molar-refractivity contribution >= 4 is 34.3 Å². The van der Waals surface area contributed by atoms with Gasteiger partial charge in [-0.05, 0) is 31.2 Å². The van der Waals surface area contributed by atoms with Crippen molar-refractivity contribution in [3.63, 3.8) is 0 Å². The van der Waals surface area contributed by atoms with E-state index in [0.29, 0.717) is 12.4 Å². The van der Waals surface area contributed by atoms with E-state index in [1.54, 1.807) is 9.80 Å². The molecule has 0 unspecified atom stereocenters. The Morgan fingerprint density at radius 3 is 2.88 bits per heavy atom. The number of nitrogens with one attached hydrogen (secondary N) is 2. The van der Waals surface area contributed by atoms with Gasteiger partial charge in [0.25, 0.3) is 0 Å². The summed E-state index contributed by atoms with van der Waals surface area (Å²) in [7, 11) is 1.82. The average molecular weight is 322 g/mol. The van der Waals surface area contributed by atoms with Crippen molar-refractivity contribution in [1.29, 1.82) is 0 Å². The molecule has 1 fully saturated rings. The number of anilines is 3. The number of aromatic nitrogens is 3. The highest BCUT2D eigenvalue weighted by Gasteiger charge is 2.26. The Labute approximate surface area is 139 Å². The molecule has 1 aliphatic rings. The van der Waals surface area contributed by atoms with E-state index in [2.05, 4.69) is 20.3 Å². The number of likely N-dealkylation sites (N-methyl/N-ethyl adjacent to an activating group) is 1. The zero-order valence-electron chi connectivity index (χ0n) is 13.6. The lowest BCUT2D eigenvalue weighted by atomic mass is 10.2. The summed E-state index contributed by atoms with van der Waals surface area (Å²) in [5.41, 5.74) is 3.49. The fraction of sp³-hybridized carbons (Fsp3) is 0.235. The van der Waals surface area contributed by atoms with Crippen LogP contribution in [0.25, 0.3) is 11.0 Å². The number of aryl methyl sites for hydroxylation is 1. The van der Waals surface area contributed by atoms with Gasteiger partial charge in [-0.2, -0.15) is 0 Å². The number of urea groups is 1. The van der Waals surface area contributed by atoms with Gasteiger partial charge in [-0.15, -0.1) is 0 Å². The summed E-state index contributed by atoms with van der Waals surface area (Å²) in [5.74, 6) is 1.43. The molecule has 0 bridgehead atoms. The topological polar surface area (TPSA) is 77.2 Å². The highest BCUT2D eigenvalue weighted by Crippen LogP contribution is 2.27. The molecule has 7 heteroatoms. The van der Waals surface area contributed by atoms with Gasteiger partial charge in [0.2, 0.25) is 0 Å². The first-order valence-electron chi connectivity index (χ1n) is 7.83.